The molecule has 0 atom stereocenters. The summed E-state index contributed by atoms with van der Waals surface area (Å²) in [4.78, 5) is 9.06. The molecule has 0 aliphatic rings. The van der Waals surface area contributed by atoms with Gasteiger partial charge in [-0.25, -0.2) is 9.97 Å². The number of aryl methyl sites for hydroxylation is 2. The molecule has 2 aromatic heterocycles. The van der Waals surface area contributed by atoms with Crippen LogP contribution in [0.5, 0.6) is 0 Å². The maximum atomic E-state index is 6.27. The summed E-state index contributed by atoms with van der Waals surface area (Å²) in [5.74, 6) is 1.04. The third-order valence-electron chi connectivity index (χ3n) is 3.41. The van der Waals surface area contributed by atoms with Crippen LogP contribution in [-0.2, 0) is 5.88 Å². The van der Waals surface area contributed by atoms with E-state index in [1.54, 1.807) is 6.20 Å². The van der Waals surface area contributed by atoms with Crippen molar-refractivity contribution in [3.8, 4) is 5.69 Å². The highest BCUT2D eigenvalue weighted by Crippen LogP contribution is 2.32. The summed E-state index contributed by atoms with van der Waals surface area (Å²) < 4.78 is 2.88. The number of nitrogens with zero attached hydrogens (tertiary/aromatic N) is 3. The minimum Gasteiger partial charge on any atom is -0.278 e. The Morgan fingerprint density at radius 2 is 2.00 bits per heavy atom. The van der Waals surface area contributed by atoms with Crippen molar-refractivity contribution in [3.63, 3.8) is 0 Å². The lowest BCUT2D eigenvalue weighted by Gasteiger charge is -2.11. The molecule has 0 radical (unpaired) electrons. The number of halogens is 3. The predicted molar refractivity (Wildman–Crippen MR) is 90.6 cm³/mol. The van der Waals surface area contributed by atoms with Crippen LogP contribution in [0, 0.1) is 13.8 Å². The van der Waals surface area contributed by atoms with Crippen molar-refractivity contribution in [2.75, 3.05) is 0 Å². The summed E-state index contributed by atoms with van der Waals surface area (Å²) in [6.07, 6.45) is 1.78. The minimum atomic E-state index is 0.299. The van der Waals surface area contributed by atoms with Crippen molar-refractivity contribution >= 4 is 50.3 Å². The lowest BCUT2D eigenvalue weighted by atomic mass is 10.2. The Bertz CT molecular complexity index is 843. The zero-order valence-corrected chi connectivity index (χ0v) is 14.6. The molecule has 0 unspecified atom stereocenters. The molecule has 0 N–H and O–H groups in total. The number of aromatic nitrogens is 3. The molecule has 0 amide bonds. The fourth-order valence-corrected chi connectivity index (χ4v) is 3.26. The number of hydrogen-bond donors (Lipinski definition) is 0. The molecule has 1 aromatic carbocycles. The Morgan fingerprint density at radius 1 is 1.24 bits per heavy atom. The van der Waals surface area contributed by atoms with Crippen LogP contribution in [0.15, 0.2) is 28.9 Å². The second-order valence-electron chi connectivity index (χ2n) is 4.85. The molecule has 0 saturated carbocycles. The van der Waals surface area contributed by atoms with Gasteiger partial charge < -0.3 is 0 Å². The molecule has 2 heterocycles. The quantitative estimate of drug-likeness (QED) is 0.569. The first-order valence-corrected chi connectivity index (χ1v) is 8.08. The van der Waals surface area contributed by atoms with Crippen LogP contribution in [0.4, 0.5) is 0 Å². The number of imidazole rings is 1. The van der Waals surface area contributed by atoms with Gasteiger partial charge in [0.05, 0.1) is 11.6 Å². The van der Waals surface area contributed by atoms with E-state index in [-0.39, 0.29) is 0 Å². The fraction of sp³-hybridized carbons (Fsp3) is 0.200. The molecular weight excluding hydrogens is 373 g/mol. The van der Waals surface area contributed by atoms with Gasteiger partial charge in [0.15, 0.2) is 5.65 Å². The van der Waals surface area contributed by atoms with Gasteiger partial charge in [0.25, 0.3) is 0 Å². The summed E-state index contributed by atoms with van der Waals surface area (Å²) in [6, 6.07) is 5.83. The van der Waals surface area contributed by atoms with Crippen molar-refractivity contribution in [1.29, 1.82) is 0 Å². The highest BCUT2D eigenvalue weighted by molar-refractivity contribution is 9.10. The van der Waals surface area contributed by atoms with Crippen LogP contribution >= 0.6 is 39.1 Å². The topological polar surface area (TPSA) is 30.7 Å². The molecule has 0 aliphatic heterocycles. The summed E-state index contributed by atoms with van der Waals surface area (Å²) in [7, 11) is 0. The number of alkyl halides is 1. The average Bonchev–Trinajstić information content (AvgIpc) is 2.83. The predicted octanol–water partition coefficient (Wildman–Crippen LogP) is 5.19. The van der Waals surface area contributed by atoms with Gasteiger partial charge in [-0.2, -0.15) is 0 Å². The number of rotatable bonds is 2. The van der Waals surface area contributed by atoms with E-state index in [0.717, 1.165) is 38.3 Å². The van der Waals surface area contributed by atoms with Crippen LogP contribution in [0.2, 0.25) is 5.02 Å². The Morgan fingerprint density at radius 3 is 2.71 bits per heavy atom. The Hall–Kier alpha value is -1.10. The SMILES string of the molecule is Cc1cc(Br)c(-n2c(CCl)nc3c(C)ccnc32)cc1Cl. The van der Waals surface area contributed by atoms with E-state index in [1.807, 2.05) is 36.6 Å². The first-order valence-electron chi connectivity index (χ1n) is 6.38. The molecule has 0 saturated heterocycles. The molecule has 3 rings (SSSR count). The maximum absolute atomic E-state index is 6.27. The number of fused-ring (bicyclic) bond motifs is 1. The van der Waals surface area contributed by atoms with E-state index in [1.165, 1.54) is 0 Å². The summed E-state index contributed by atoms with van der Waals surface area (Å²) in [5.41, 5.74) is 4.61. The Labute approximate surface area is 141 Å². The molecule has 108 valence electrons. The van der Waals surface area contributed by atoms with Gasteiger partial charge in [-0.1, -0.05) is 11.6 Å². The molecule has 21 heavy (non-hydrogen) atoms. The maximum Gasteiger partial charge on any atom is 0.165 e. The van der Waals surface area contributed by atoms with Crippen molar-refractivity contribution in [2.24, 2.45) is 0 Å². The largest absolute Gasteiger partial charge is 0.278 e. The van der Waals surface area contributed by atoms with Crippen molar-refractivity contribution in [2.45, 2.75) is 19.7 Å². The van der Waals surface area contributed by atoms with Crippen molar-refractivity contribution < 1.29 is 0 Å². The van der Waals surface area contributed by atoms with Gasteiger partial charge in [0, 0.05) is 15.7 Å². The second kappa shape index (κ2) is 5.59. The first kappa shape index (κ1) is 14.8. The van der Waals surface area contributed by atoms with Crippen molar-refractivity contribution in [3.05, 3.63) is 50.8 Å². The smallest absolute Gasteiger partial charge is 0.165 e. The Balaban J connectivity index is 2.39. The van der Waals surface area contributed by atoms with Gasteiger partial charge in [-0.05, 0) is 59.1 Å². The lowest BCUT2D eigenvalue weighted by molar-refractivity contribution is 0.964. The van der Waals surface area contributed by atoms with Gasteiger partial charge in [0.2, 0.25) is 0 Å². The van der Waals surface area contributed by atoms with E-state index in [9.17, 15) is 0 Å². The standard InChI is InChI=1S/C15H12BrCl2N3/c1-8-3-4-19-15-14(8)20-13(7-17)21(15)12-6-11(18)9(2)5-10(12)16/h3-6H,7H2,1-2H3. The van der Waals surface area contributed by atoms with Crippen LogP contribution in [0.25, 0.3) is 16.9 Å². The van der Waals surface area contributed by atoms with E-state index in [0.29, 0.717) is 10.9 Å². The molecule has 0 spiro atoms. The van der Waals surface area contributed by atoms with Gasteiger partial charge >= 0.3 is 0 Å². The van der Waals surface area contributed by atoms with E-state index in [2.05, 4.69) is 25.9 Å². The third-order valence-corrected chi connectivity index (χ3v) is 4.69. The second-order valence-corrected chi connectivity index (χ2v) is 6.38. The molecule has 0 bridgehead atoms. The van der Waals surface area contributed by atoms with Crippen molar-refractivity contribution in [1.82, 2.24) is 14.5 Å². The summed E-state index contributed by atoms with van der Waals surface area (Å²) in [6.45, 7) is 3.98. The van der Waals surface area contributed by atoms with Gasteiger partial charge in [-0.3, -0.25) is 4.57 Å². The molecule has 0 aliphatic carbocycles. The molecule has 3 nitrogen and oxygen atoms in total. The summed E-state index contributed by atoms with van der Waals surface area (Å²) in [5, 5.41) is 0.697. The lowest BCUT2D eigenvalue weighted by Crippen LogP contribution is -2.02. The normalized spacial score (nSPS) is 11.3. The molecule has 6 heteroatoms. The fourth-order valence-electron chi connectivity index (χ4n) is 2.29. The average molecular weight is 385 g/mol. The highest BCUT2D eigenvalue weighted by Gasteiger charge is 2.17. The van der Waals surface area contributed by atoms with Crippen LogP contribution in [0.3, 0.4) is 0 Å². The third kappa shape index (κ3) is 2.45. The zero-order valence-electron chi connectivity index (χ0n) is 11.5. The molecule has 0 fully saturated rings. The first-order chi connectivity index (χ1) is 10.0. The van der Waals surface area contributed by atoms with Crippen LogP contribution < -0.4 is 0 Å². The van der Waals surface area contributed by atoms with E-state index < -0.39 is 0 Å². The monoisotopic (exact) mass is 383 g/mol. The molecular formula is C15H12BrCl2N3. The summed E-state index contributed by atoms with van der Waals surface area (Å²) >= 11 is 15.9. The van der Waals surface area contributed by atoms with Gasteiger partial charge in [-0.15, -0.1) is 11.6 Å². The zero-order chi connectivity index (χ0) is 15.1. The Kier molecular flexibility index (Phi) is 3.95. The minimum absolute atomic E-state index is 0.299. The van der Waals surface area contributed by atoms with E-state index >= 15 is 0 Å². The highest BCUT2D eigenvalue weighted by atomic mass is 79.9. The number of pyridine rings is 1. The van der Waals surface area contributed by atoms with Gasteiger partial charge in [0.1, 0.15) is 11.3 Å². The van der Waals surface area contributed by atoms with E-state index in [4.69, 9.17) is 23.2 Å². The number of hydrogen-bond acceptors (Lipinski definition) is 2. The van der Waals surface area contributed by atoms with Crippen LogP contribution in [-0.4, -0.2) is 14.5 Å². The number of benzene rings is 1. The molecule has 3 aromatic rings. The van der Waals surface area contributed by atoms with Crippen LogP contribution in [0.1, 0.15) is 17.0 Å².